The van der Waals surface area contributed by atoms with E-state index in [9.17, 15) is 13.2 Å². The first-order chi connectivity index (χ1) is 6.04. The molecule has 1 heterocycles. The molecule has 0 saturated carbocycles. The molecule has 0 aliphatic carbocycles. The van der Waals surface area contributed by atoms with Gasteiger partial charge in [-0.2, -0.15) is 13.2 Å². The SMILES string of the molecule is COCc1nc[c]c(C(F)(F)F)n1. The molecule has 0 aliphatic heterocycles. The summed E-state index contributed by atoms with van der Waals surface area (Å²) in [5.41, 5.74) is -1.07. The molecule has 0 fully saturated rings. The average molecular weight is 191 g/mol. The number of hydrogen-bond donors (Lipinski definition) is 0. The second kappa shape index (κ2) is 3.69. The van der Waals surface area contributed by atoms with Crippen LogP contribution in [-0.4, -0.2) is 17.1 Å². The van der Waals surface area contributed by atoms with Gasteiger partial charge in [0.2, 0.25) is 0 Å². The third-order valence-electron chi connectivity index (χ3n) is 1.20. The fourth-order valence-corrected chi connectivity index (χ4v) is 0.702. The van der Waals surface area contributed by atoms with Gasteiger partial charge in [-0.15, -0.1) is 0 Å². The predicted octanol–water partition coefficient (Wildman–Crippen LogP) is 1.44. The van der Waals surface area contributed by atoms with Crippen LogP contribution in [0.25, 0.3) is 0 Å². The lowest BCUT2D eigenvalue weighted by atomic mass is 10.4. The Hall–Kier alpha value is -1.17. The number of rotatable bonds is 2. The lowest BCUT2D eigenvalue weighted by Crippen LogP contribution is -2.11. The first-order valence-electron chi connectivity index (χ1n) is 3.34. The van der Waals surface area contributed by atoms with E-state index in [1.165, 1.54) is 7.11 Å². The highest BCUT2D eigenvalue weighted by Gasteiger charge is 2.32. The van der Waals surface area contributed by atoms with Crippen LogP contribution in [0.3, 0.4) is 0 Å². The maximum Gasteiger partial charge on any atom is 0.434 e. The zero-order valence-electron chi connectivity index (χ0n) is 6.72. The minimum atomic E-state index is -4.48. The summed E-state index contributed by atoms with van der Waals surface area (Å²) in [6, 6.07) is 1.90. The second-order valence-electron chi connectivity index (χ2n) is 2.21. The molecule has 0 aliphatic rings. The molecule has 1 aromatic rings. The highest BCUT2D eigenvalue weighted by Crippen LogP contribution is 2.26. The van der Waals surface area contributed by atoms with Crippen LogP contribution in [0.4, 0.5) is 13.2 Å². The van der Waals surface area contributed by atoms with Gasteiger partial charge in [0.25, 0.3) is 0 Å². The standard InChI is InChI=1S/C7H6F3N2O/c1-13-4-6-11-3-2-5(12-6)7(8,9)10/h3H,4H2,1H3. The second-order valence-corrected chi connectivity index (χ2v) is 2.21. The van der Waals surface area contributed by atoms with Crippen LogP contribution in [0, 0.1) is 6.07 Å². The summed E-state index contributed by atoms with van der Waals surface area (Å²) in [5, 5.41) is 0. The van der Waals surface area contributed by atoms with E-state index in [0.29, 0.717) is 0 Å². The van der Waals surface area contributed by atoms with Crippen LogP contribution in [0.1, 0.15) is 11.5 Å². The first kappa shape index (κ1) is 9.91. The molecular weight excluding hydrogens is 185 g/mol. The largest absolute Gasteiger partial charge is 0.434 e. The summed E-state index contributed by atoms with van der Waals surface area (Å²) in [6.07, 6.45) is -3.55. The Balaban J connectivity index is 2.92. The van der Waals surface area contributed by atoms with Crippen LogP contribution < -0.4 is 0 Å². The lowest BCUT2D eigenvalue weighted by molar-refractivity contribution is -0.141. The molecule has 71 valence electrons. The molecule has 1 radical (unpaired) electrons. The molecule has 0 amide bonds. The third kappa shape index (κ3) is 2.66. The normalized spacial score (nSPS) is 11.7. The van der Waals surface area contributed by atoms with Crippen molar-refractivity contribution < 1.29 is 17.9 Å². The fourth-order valence-electron chi connectivity index (χ4n) is 0.702. The topological polar surface area (TPSA) is 35.0 Å². The number of nitrogens with zero attached hydrogens (tertiary/aromatic N) is 2. The fraction of sp³-hybridized carbons (Fsp3) is 0.429. The van der Waals surface area contributed by atoms with Crippen molar-refractivity contribution in [3.63, 3.8) is 0 Å². The predicted molar refractivity (Wildman–Crippen MR) is 36.6 cm³/mol. The molecule has 3 nitrogen and oxygen atoms in total. The third-order valence-corrected chi connectivity index (χ3v) is 1.20. The summed E-state index contributed by atoms with van der Waals surface area (Å²) < 4.78 is 40.7. The summed E-state index contributed by atoms with van der Waals surface area (Å²) in [5.74, 6) is -0.00595. The van der Waals surface area contributed by atoms with Crippen molar-refractivity contribution in [1.29, 1.82) is 0 Å². The van der Waals surface area contributed by atoms with E-state index in [1.54, 1.807) is 0 Å². The van der Waals surface area contributed by atoms with Crippen molar-refractivity contribution in [2.45, 2.75) is 12.8 Å². The number of hydrogen-bond acceptors (Lipinski definition) is 3. The van der Waals surface area contributed by atoms with Gasteiger partial charge in [-0.05, 0) is 0 Å². The van der Waals surface area contributed by atoms with Crippen LogP contribution in [0.15, 0.2) is 6.20 Å². The van der Waals surface area contributed by atoms with Gasteiger partial charge in [-0.25, -0.2) is 9.97 Å². The Bertz CT molecular complexity index is 287. The smallest absolute Gasteiger partial charge is 0.377 e. The monoisotopic (exact) mass is 191 g/mol. The molecule has 1 aromatic heterocycles. The average Bonchev–Trinajstić information content (AvgIpc) is 2.04. The van der Waals surface area contributed by atoms with Gasteiger partial charge in [0, 0.05) is 19.4 Å². The molecule has 0 unspecified atom stereocenters. The van der Waals surface area contributed by atoms with Crippen molar-refractivity contribution >= 4 is 0 Å². The highest BCUT2D eigenvalue weighted by molar-refractivity contribution is 5.03. The van der Waals surface area contributed by atoms with E-state index in [-0.39, 0.29) is 12.4 Å². The zero-order valence-corrected chi connectivity index (χ0v) is 6.72. The molecule has 6 heteroatoms. The Morgan fingerprint density at radius 3 is 2.77 bits per heavy atom. The number of alkyl halides is 3. The van der Waals surface area contributed by atoms with Gasteiger partial charge in [-0.1, -0.05) is 0 Å². The van der Waals surface area contributed by atoms with E-state index in [0.717, 1.165) is 6.20 Å². The summed E-state index contributed by atoms with van der Waals surface area (Å²) in [7, 11) is 1.35. The number of aromatic nitrogens is 2. The first-order valence-corrected chi connectivity index (χ1v) is 3.34. The molecule has 13 heavy (non-hydrogen) atoms. The minimum Gasteiger partial charge on any atom is -0.377 e. The highest BCUT2D eigenvalue weighted by atomic mass is 19.4. The Labute approximate surface area is 72.6 Å². The summed E-state index contributed by atoms with van der Waals surface area (Å²) >= 11 is 0. The van der Waals surface area contributed by atoms with Gasteiger partial charge in [0.15, 0.2) is 11.5 Å². The summed E-state index contributed by atoms with van der Waals surface area (Å²) in [4.78, 5) is 6.77. The number of methoxy groups -OCH3 is 1. The molecule has 1 rings (SSSR count). The van der Waals surface area contributed by atoms with Crippen molar-refractivity contribution in [2.75, 3.05) is 7.11 Å². The molecule has 0 spiro atoms. The van der Waals surface area contributed by atoms with Crippen molar-refractivity contribution in [2.24, 2.45) is 0 Å². The lowest BCUT2D eigenvalue weighted by Gasteiger charge is -2.05. The van der Waals surface area contributed by atoms with E-state index in [4.69, 9.17) is 0 Å². The van der Waals surface area contributed by atoms with Crippen LogP contribution in [0.5, 0.6) is 0 Å². The Kier molecular flexibility index (Phi) is 2.82. The number of halogens is 3. The molecule has 0 bridgehead atoms. The van der Waals surface area contributed by atoms with Gasteiger partial charge in [0.1, 0.15) is 6.61 Å². The Morgan fingerprint density at radius 2 is 2.23 bits per heavy atom. The zero-order chi connectivity index (χ0) is 9.90. The summed E-state index contributed by atoms with van der Waals surface area (Å²) in [6.45, 7) is -0.0439. The van der Waals surface area contributed by atoms with Gasteiger partial charge in [0.05, 0.1) is 0 Å². The maximum atomic E-state index is 12.0. The molecule has 0 N–H and O–H groups in total. The molecular formula is C7H6F3N2O. The van der Waals surface area contributed by atoms with Gasteiger partial charge in [-0.3, -0.25) is 0 Å². The number of ether oxygens (including phenoxy) is 1. The van der Waals surface area contributed by atoms with Gasteiger partial charge < -0.3 is 4.74 Å². The van der Waals surface area contributed by atoms with Crippen LogP contribution >= 0.6 is 0 Å². The molecule has 0 aromatic carbocycles. The van der Waals surface area contributed by atoms with Crippen molar-refractivity contribution in [3.05, 3.63) is 23.8 Å². The minimum absolute atomic E-state index is 0.00595. The van der Waals surface area contributed by atoms with E-state index >= 15 is 0 Å². The molecule has 0 saturated heterocycles. The van der Waals surface area contributed by atoms with Crippen molar-refractivity contribution in [3.8, 4) is 0 Å². The van der Waals surface area contributed by atoms with Crippen LogP contribution in [-0.2, 0) is 17.5 Å². The van der Waals surface area contributed by atoms with E-state index in [2.05, 4.69) is 14.7 Å². The van der Waals surface area contributed by atoms with Crippen molar-refractivity contribution in [1.82, 2.24) is 9.97 Å². The van der Waals surface area contributed by atoms with Gasteiger partial charge >= 0.3 is 6.18 Å². The van der Waals surface area contributed by atoms with Crippen LogP contribution in [0.2, 0.25) is 0 Å². The Morgan fingerprint density at radius 1 is 1.54 bits per heavy atom. The quantitative estimate of drug-likeness (QED) is 0.709. The molecule has 0 atom stereocenters. The van der Waals surface area contributed by atoms with E-state index in [1.807, 2.05) is 6.07 Å². The maximum absolute atomic E-state index is 12.0. The van der Waals surface area contributed by atoms with E-state index < -0.39 is 11.9 Å².